The number of benzene rings is 1. The molecule has 0 spiro atoms. The predicted molar refractivity (Wildman–Crippen MR) is 76.6 cm³/mol. The smallest absolute Gasteiger partial charge is 0.151 e. The summed E-state index contributed by atoms with van der Waals surface area (Å²) in [6, 6.07) is 8.68. The van der Waals surface area contributed by atoms with Gasteiger partial charge in [0, 0.05) is 19.0 Å². The molecule has 1 aromatic carbocycles. The lowest BCUT2D eigenvalue weighted by atomic mass is 10.2. The van der Waals surface area contributed by atoms with Gasteiger partial charge in [-0.25, -0.2) is 0 Å². The number of methoxy groups -OCH3 is 1. The lowest BCUT2D eigenvalue weighted by Gasteiger charge is -2.03. The topological polar surface area (TPSA) is 47.0 Å². The maximum Gasteiger partial charge on any atom is 0.151 e. The molecule has 0 unspecified atom stereocenters. The minimum Gasteiger partial charge on any atom is -0.496 e. The van der Waals surface area contributed by atoms with Gasteiger partial charge in [0.25, 0.3) is 0 Å². The maximum atomic E-state index is 5.36. The van der Waals surface area contributed by atoms with Crippen LogP contribution in [0.2, 0.25) is 0 Å². The molecule has 0 bridgehead atoms. The van der Waals surface area contributed by atoms with Gasteiger partial charge in [0.05, 0.1) is 12.7 Å². The van der Waals surface area contributed by atoms with Gasteiger partial charge in [-0.2, -0.15) is 0 Å². The van der Waals surface area contributed by atoms with Crippen molar-refractivity contribution in [2.45, 2.75) is 25.3 Å². The van der Waals surface area contributed by atoms with Crippen LogP contribution in [0.25, 0.3) is 10.6 Å². The number of nitrogens with zero attached hydrogens (tertiary/aromatic N) is 2. The van der Waals surface area contributed by atoms with Gasteiger partial charge in [-0.05, 0) is 25.0 Å². The van der Waals surface area contributed by atoms with Crippen molar-refractivity contribution in [1.82, 2.24) is 15.5 Å². The molecule has 5 heteroatoms. The molecule has 1 fully saturated rings. The summed E-state index contributed by atoms with van der Waals surface area (Å²) in [4.78, 5) is 0. The molecule has 0 aliphatic heterocycles. The Balaban J connectivity index is 1.68. The Bertz CT molecular complexity index is 551. The number of hydrogen-bond acceptors (Lipinski definition) is 5. The van der Waals surface area contributed by atoms with Crippen molar-refractivity contribution in [2.24, 2.45) is 0 Å². The number of rotatable bonds is 6. The van der Waals surface area contributed by atoms with Crippen LogP contribution < -0.4 is 10.1 Å². The van der Waals surface area contributed by atoms with E-state index in [1.165, 1.54) is 12.8 Å². The van der Waals surface area contributed by atoms with E-state index in [9.17, 15) is 0 Å². The summed E-state index contributed by atoms with van der Waals surface area (Å²) >= 11 is 1.65. The minimum absolute atomic E-state index is 0.751. The molecule has 1 aliphatic carbocycles. The van der Waals surface area contributed by atoms with Crippen LogP contribution in [0, 0.1) is 0 Å². The van der Waals surface area contributed by atoms with E-state index >= 15 is 0 Å². The van der Waals surface area contributed by atoms with Gasteiger partial charge in [-0.15, -0.1) is 10.2 Å². The van der Waals surface area contributed by atoms with Crippen molar-refractivity contribution >= 4 is 11.3 Å². The molecule has 1 aromatic heterocycles. The standard InChI is InChI=1S/C14H17N3OS/c1-18-12-5-3-2-4-11(12)14-17-16-13(19-14)8-9-15-10-6-7-10/h2-5,10,15H,6-9H2,1H3. The number of para-hydroxylation sites is 1. The van der Waals surface area contributed by atoms with E-state index in [4.69, 9.17) is 4.74 Å². The zero-order chi connectivity index (χ0) is 13.1. The second-order valence-electron chi connectivity index (χ2n) is 4.68. The number of nitrogens with one attached hydrogen (secondary N) is 1. The van der Waals surface area contributed by atoms with Crippen LogP contribution in [-0.4, -0.2) is 29.9 Å². The van der Waals surface area contributed by atoms with Gasteiger partial charge < -0.3 is 10.1 Å². The fraction of sp³-hybridized carbons (Fsp3) is 0.429. The molecule has 19 heavy (non-hydrogen) atoms. The molecule has 100 valence electrons. The van der Waals surface area contributed by atoms with E-state index in [1.807, 2.05) is 24.3 Å². The lowest BCUT2D eigenvalue weighted by molar-refractivity contribution is 0.416. The zero-order valence-corrected chi connectivity index (χ0v) is 11.7. The first-order chi connectivity index (χ1) is 9.36. The summed E-state index contributed by atoms with van der Waals surface area (Å²) in [5.41, 5.74) is 1.02. The molecule has 1 N–H and O–H groups in total. The molecule has 0 atom stereocenters. The van der Waals surface area contributed by atoms with Gasteiger partial charge >= 0.3 is 0 Å². The van der Waals surface area contributed by atoms with E-state index in [0.29, 0.717) is 0 Å². The number of aromatic nitrogens is 2. The summed E-state index contributed by atoms with van der Waals surface area (Å²) in [5.74, 6) is 0.848. The molecule has 1 aliphatic rings. The molecule has 0 amide bonds. The number of ether oxygens (including phenoxy) is 1. The molecule has 0 radical (unpaired) electrons. The van der Waals surface area contributed by atoms with Crippen molar-refractivity contribution in [3.63, 3.8) is 0 Å². The van der Waals surface area contributed by atoms with Gasteiger partial charge in [0.15, 0.2) is 5.01 Å². The second kappa shape index (κ2) is 5.67. The molecule has 4 nitrogen and oxygen atoms in total. The highest BCUT2D eigenvalue weighted by Crippen LogP contribution is 2.31. The Kier molecular flexibility index (Phi) is 3.75. The van der Waals surface area contributed by atoms with Crippen molar-refractivity contribution in [3.8, 4) is 16.3 Å². The van der Waals surface area contributed by atoms with E-state index < -0.39 is 0 Å². The third kappa shape index (κ3) is 3.11. The zero-order valence-electron chi connectivity index (χ0n) is 10.9. The SMILES string of the molecule is COc1ccccc1-c1nnc(CCNC2CC2)s1. The Morgan fingerprint density at radius 1 is 1.32 bits per heavy atom. The van der Waals surface area contributed by atoms with E-state index in [2.05, 4.69) is 15.5 Å². The molecular weight excluding hydrogens is 258 g/mol. The van der Waals surface area contributed by atoms with Crippen molar-refractivity contribution in [3.05, 3.63) is 29.3 Å². The Morgan fingerprint density at radius 2 is 2.16 bits per heavy atom. The number of hydrogen-bond donors (Lipinski definition) is 1. The minimum atomic E-state index is 0.751. The summed E-state index contributed by atoms with van der Waals surface area (Å²) in [6.07, 6.45) is 3.59. The van der Waals surface area contributed by atoms with Gasteiger partial charge in [0.1, 0.15) is 10.8 Å². The predicted octanol–water partition coefficient (Wildman–Crippen LogP) is 2.51. The third-order valence-electron chi connectivity index (χ3n) is 3.15. The van der Waals surface area contributed by atoms with Crippen molar-refractivity contribution < 1.29 is 4.74 Å². The highest BCUT2D eigenvalue weighted by atomic mass is 32.1. The largest absolute Gasteiger partial charge is 0.496 e. The second-order valence-corrected chi connectivity index (χ2v) is 5.74. The molecule has 0 saturated heterocycles. The van der Waals surface area contributed by atoms with Gasteiger partial charge in [-0.3, -0.25) is 0 Å². The average molecular weight is 275 g/mol. The summed E-state index contributed by atoms with van der Waals surface area (Å²) in [5, 5.41) is 14.0. The normalized spacial score (nSPS) is 14.6. The molecule has 1 saturated carbocycles. The molecule has 1 heterocycles. The van der Waals surface area contributed by atoms with E-state index in [-0.39, 0.29) is 0 Å². The first kappa shape index (κ1) is 12.6. The van der Waals surface area contributed by atoms with Crippen molar-refractivity contribution in [2.75, 3.05) is 13.7 Å². The van der Waals surface area contributed by atoms with Crippen LogP contribution in [-0.2, 0) is 6.42 Å². The van der Waals surface area contributed by atoms with E-state index in [1.54, 1.807) is 18.4 Å². The lowest BCUT2D eigenvalue weighted by Crippen LogP contribution is -2.19. The first-order valence-corrected chi connectivity index (χ1v) is 7.37. The van der Waals surface area contributed by atoms with E-state index in [0.717, 1.165) is 40.3 Å². The van der Waals surface area contributed by atoms with Crippen LogP contribution in [0.3, 0.4) is 0 Å². The average Bonchev–Trinajstić information content (AvgIpc) is 3.15. The van der Waals surface area contributed by atoms with Crippen LogP contribution in [0.4, 0.5) is 0 Å². The highest BCUT2D eigenvalue weighted by molar-refractivity contribution is 7.14. The van der Waals surface area contributed by atoms with Crippen LogP contribution in [0.1, 0.15) is 17.8 Å². The van der Waals surface area contributed by atoms with Crippen LogP contribution >= 0.6 is 11.3 Å². The summed E-state index contributed by atoms with van der Waals surface area (Å²) < 4.78 is 5.36. The van der Waals surface area contributed by atoms with Crippen LogP contribution in [0.5, 0.6) is 5.75 Å². The fourth-order valence-corrected chi connectivity index (χ4v) is 2.82. The van der Waals surface area contributed by atoms with Gasteiger partial charge in [0.2, 0.25) is 0 Å². The fourth-order valence-electron chi connectivity index (χ4n) is 1.96. The van der Waals surface area contributed by atoms with Gasteiger partial charge in [-0.1, -0.05) is 23.5 Å². The molecule has 3 rings (SSSR count). The monoisotopic (exact) mass is 275 g/mol. The Labute approximate surface area is 116 Å². The molecule has 2 aromatic rings. The quantitative estimate of drug-likeness (QED) is 0.880. The van der Waals surface area contributed by atoms with Crippen molar-refractivity contribution in [1.29, 1.82) is 0 Å². The maximum absolute atomic E-state index is 5.36. The van der Waals surface area contributed by atoms with Crippen LogP contribution in [0.15, 0.2) is 24.3 Å². The summed E-state index contributed by atoms with van der Waals surface area (Å²) in [7, 11) is 1.68. The highest BCUT2D eigenvalue weighted by Gasteiger charge is 2.20. The Hall–Kier alpha value is -1.46. The Morgan fingerprint density at radius 3 is 2.95 bits per heavy atom. The third-order valence-corrected chi connectivity index (χ3v) is 4.17. The summed E-state index contributed by atoms with van der Waals surface area (Å²) in [6.45, 7) is 0.991. The first-order valence-electron chi connectivity index (χ1n) is 6.56. The molecular formula is C14H17N3OS.